The average molecular weight is 372 g/mol. The van der Waals surface area contributed by atoms with Gasteiger partial charge in [-0.2, -0.15) is 8.42 Å². The second-order valence-corrected chi connectivity index (χ2v) is 6.88. The molecule has 1 amide bonds. The van der Waals surface area contributed by atoms with E-state index in [1.807, 2.05) is 0 Å². The van der Waals surface area contributed by atoms with E-state index in [1.165, 1.54) is 17.3 Å². The Balaban J connectivity index is 2.23. The molecule has 19 heavy (non-hydrogen) atoms. The molecule has 1 aliphatic rings. The number of carbonyl (C=O) groups is 1. The Morgan fingerprint density at radius 2 is 2.21 bits per heavy atom. The van der Waals surface area contributed by atoms with Crippen LogP contribution in [0.1, 0.15) is 6.42 Å². The van der Waals surface area contributed by atoms with Crippen LogP contribution in [-0.4, -0.2) is 31.6 Å². The first-order valence-corrected chi connectivity index (χ1v) is 8.02. The zero-order chi connectivity index (χ0) is 14.2. The predicted octanol–water partition coefficient (Wildman–Crippen LogP) is 2.15. The normalized spacial score (nSPS) is 20.1. The Labute approximate surface area is 123 Å². The Morgan fingerprint density at radius 1 is 1.53 bits per heavy atom. The van der Waals surface area contributed by atoms with Crippen LogP contribution in [0.2, 0.25) is 5.02 Å². The smallest absolute Gasteiger partial charge is 0.302 e. The van der Waals surface area contributed by atoms with Crippen LogP contribution >= 0.6 is 27.5 Å². The summed E-state index contributed by atoms with van der Waals surface area (Å²) < 4.78 is 34.4. The van der Waals surface area contributed by atoms with Gasteiger partial charge in [-0.3, -0.25) is 9.78 Å². The monoisotopic (exact) mass is 370 g/mol. The molecule has 2 rings (SSSR count). The van der Waals surface area contributed by atoms with Crippen molar-refractivity contribution in [1.82, 2.24) is 4.98 Å². The van der Waals surface area contributed by atoms with Gasteiger partial charge in [-0.1, -0.05) is 11.6 Å². The molecule has 1 unspecified atom stereocenters. The Bertz CT molecular complexity index is 625. The van der Waals surface area contributed by atoms with Crippen molar-refractivity contribution in [1.29, 1.82) is 0 Å². The SMILES string of the molecule is O=C1CC(CS(=O)(=O)F)CN1c1cncc(Br)c1Cl. The van der Waals surface area contributed by atoms with Crippen molar-refractivity contribution in [2.24, 2.45) is 5.92 Å². The maximum absolute atomic E-state index is 12.6. The molecule has 1 saturated heterocycles. The minimum Gasteiger partial charge on any atom is -0.309 e. The number of halogens is 3. The fraction of sp³-hybridized carbons (Fsp3) is 0.400. The largest absolute Gasteiger partial charge is 0.309 e. The van der Waals surface area contributed by atoms with Crippen LogP contribution in [0.15, 0.2) is 16.9 Å². The van der Waals surface area contributed by atoms with E-state index in [0.717, 1.165) is 0 Å². The third-order valence-corrected chi connectivity index (χ3v) is 4.85. The molecule has 104 valence electrons. The zero-order valence-corrected chi connectivity index (χ0v) is 12.7. The van der Waals surface area contributed by atoms with Gasteiger partial charge in [0.2, 0.25) is 5.91 Å². The third-order valence-electron chi connectivity index (χ3n) is 2.75. The van der Waals surface area contributed by atoms with E-state index in [-0.39, 0.29) is 18.9 Å². The van der Waals surface area contributed by atoms with Gasteiger partial charge in [-0.05, 0) is 15.9 Å². The predicted molar refractivity (Wildman–Crippen MR) is 72.3 cm³/mol. The number of pyridine rings is 1. The summed E-state index contributed by atoms with van der Waals surface area (Å²) in [5.74, 6) is -1.53. The van der Waals surface area contributed by atoms with Crippen LogP contribution in [0.4, 0.5) is 9.57 Å². The van der Waals surface area contributed by atoms with Crippen LogP contribution in [0.25, 0.3) is 0 Å². The van der Waals surface area contributed by atoms with Crippen LogP contribution in [0.3, 0.4) is 0 Å². The lowest BCUT2D eigenvalue weighted by atomic mass is 10.1. The quantitative estimate of drug-likeness (QED) is 0.764. The summed E-state index contributed by atoms with van der Waals surface area (Å²) >= 11 is 9.24. The number of hydrogen-bond donors (Lipinski definition) is 0. The first-order chi connectivity index (χ1) is 8.78. The molecule has 0 bridgehead atoms. The van der Waals surface area contributed by atoms with Crippen molar-refractivity contribution >= 4 is 49.3 Å². The van der Waals surface area contributed by atoms with Gasteiger partial charge in [0.1, 0.15) is 0 Å². The van der Waals surface area contributed by atoms with E-state index in [2.05, 4.69) is 20.9 Å². The Hall–Kier alpha value is -0.730. The van der Waals surface area contributed by atoms with Gasteiger partial charge < -0.3 is 4.90 Å². The molecule has 0 aliphatic carbocycles. The van der Waals surface area contributed by atoms with Crippen molar-refractivity contribution in [3.8, 4) is 0 Å². The topological polar surface area (TPSA) is 67.3 Å². The molecule has 0 radical (unpaired) electrons. The second-order valence-electron chi connectivity index (χ2n) is 4.23. The third kappa shape index (κ3) is 3.43. The summed E-state index contributed by atoms with van der Waals surface area (Å²) in [6.07, 6.45) is 2.87. The molecule has 0 saturated carbocycles. The number of anilines is 1. The summed E-state index contributed by atoms with van der Waals surface area (Å²) in [5.41, 5.74) is 0.389. The Morgan fingerprint density at radius 3 is 2.84 bits per heavy atom. The van der Waals surface area contributed by atoms with Gasteiger partial charge in [0, 0.05) is 25.1 Å². The highest BCUT2D eigenvalue weighted by molar-refractivity contribution is 9.10. The van der Waals surface area contributed by atoms with E-state index in [1.54, 1.807) is 0 Å². The number of nitrogens with zero attached hydrogens (tertiary/aromatic N) is 2. The van der Waals surface area contributed by atoms with Crippen LogP contribution < -0.4 is 4.90 Å². The number of amides is 1. The highest BCUT2D eigenvalue weighted by Crippen LogP contribution is 2.35. The molecule has 5 nitrogen and oxygen atoms in total. The summed E-state index contributed by atoms with van der Waals surface area (Å²) in [6.45, 7) is 0.111. The maximum Gasteiger partial charge on any atom is 0.302 e. The van der Waals surface area contributed by atoms with Crippen molar-refractivity contribution in [3.63, 3.8) is 0 Å². The maximum atomic E-state index is 12.6. The van der Waals surface area contributed by atoms with E-state index in [0.29, 0.717) is 15.2 Å². The minimum atomic E-state index is -4.59. The van der Waals surface area contributed by atoms with Gasteiger partial charge in [0.05, 0.1) is 27.1 Å². The molecule has 1 atom stereocenters. The molecule has 1 aromatic rings. The highest BCUT2D eigenvalue weighted by atomic mass is 79.9. The fourth-order valence-electron chi connectivity index (χ4n) is 2.00. The van der Waals surface area contributed by atoms with Crippen molar-refractivity contribution in [2.45, 2.75) is 6.42 Å². The molecular formula is C10H9BrClFN2O3S. The van der Waals surface area contributed by atoms with E-state index in [4.69, 9.17) is 11.6 Å². The molecule has 9 heteroatoms. The molecular weight excluding hydrogens is 363 g/mol. The molecule has 1 fully saturated rings. The van der Waals surface area contributed by atoms with Crippen molar-refractivity contribution in [3.05, 3.63) is 21.9 Å². The van der Waals surface area contributed by atoms with E-state index < -0.39 is 21.9 Å². The lowest BCUT2D eigenvalue weighted by molar-refractivity contribution is -0.117. The summed E-state index contributed by atoms with van der Waals surface area (Å²) in [4.78, 5) is 17.1. The summed E-state index contributed by atoms with van der Waals surface area (Å²) in [5, 5.41) is 0.312. The lowest BCUT2D eigenvalue weighted by Gasteiger charge is -2.17. The van der Waals surface area contributed by atoms with Gasteiger partial charge in [-0.15, -0.1) is 3.89 Å². The zero-order valence-electron chi connectivity index (χ0n) is 9.51. The van der Waals surface area contributed by atoms with Gasteiger partial charge in [-0.25, -0.2) is 0 Å². The lowest BCUT2D eigenvalue weighted by Crippen LogP contribution is -2.25. The number of carbonyl (C=O) groups excluding carboxylic acids is 1. The number of rotatable bonds is 3. The summed E-state index contributed by atoms with van der Waals surface area (Å²) in [6, 6.07) is 0. The second kappa shape index (κ2) is 5.34. The molecule has 0 aromatic carbocycles. The minimum absolute atomic E-state index is 0.0218. The van der Waals surface area contributed by atoms with Gasteiger partial charge in [0.15, 0.2) is 0 Å². The van der Waals surface area contributed by atoms with Crippen LogP contribution in [0, 0.1) is 5.92 Å². The Kier molecular flexibility index (Phi) is 4.12. The molecule has 0 N–H and O–H groups in total. The number of aromatic nitrogens is 1. The van der Waals surface area contributed by atoms with Gasteiger partial charge >= 0.3 is 10.2 Å². The van der Waals surface area contributed by atoms with Crippen LogP contribution in [-0.2, 0) is 15.0 Å². The standard InChI is InChI=1S/C10H9BrClFN2O3S/c11-7-2-14-3-8(10(7)12)15-4-6(1-9(15)16)5-19(13,17)18/h2-3,6H,1,4-5H2. The fourth-order valence-corrected chi connectivity index (χ4v) is 3.31. The van der Waals surface area contributed by atoms with E-state index in [9.17, 15) is 17.1 Å². The molecule has 2 heterocycles. The number of hydrogen-bond acceptors (Lipinski definition) is 4. The van der Waals surface area contributed by atoms with E-state index >= 15 is 0 Å². The first-order valence-electron chi connectivity index (χ1n) is 5.29. The molecule has 1 aromatic heterocycles. The van der Waals surface area contributed by atoms with Gasteiger partial charge in [0.25, 0.3) is 0 Å². The van der Waals surface area contributed by atoms with Crippen molar-refractivity contribution < 1.29 is 17.1 Å². The van der Waals surface area contributed by atoms with Crippen molar-refractivity contribution in [2.75, 3.05) is 17.2 Å². The highest BCUT2D eigenvalue weighted by Gasteiger charge is 2.34. The first kappa shape index (κ1) is 14.7. The summed E-state index contributed by atoms with van der Waals surface area (Å²) in [7, 11) is -4.59. The average Bonchev–Trinajstić information content (AvgIpc) is 2.61. The molecule has 0 spiro atoms. The molecule has 1 aliphatic heterocycles. The van der Waals surface area contributed by atoms with Crippen LogP contribution in [0.5, 0.6) is 0 Å².